The molecule has 1 aliphatic rings. The van der Waals surface area contributed by atoms with E-state index in [1.165, 1.54) is 17.0 Å². The first-order valence-electron chi connectivity index (χ1n) is 13.2. The standard InChI is InChI=1S/C30H41F2N3O3/c1-21(2)20-37-26-13-9-23(10-14-26)17-33-22(3)35(18-24-7-11-25(31)12-8-24)28-15-16-34(19-27(28)32)29(36)38-30(4,5)6/h7-14,21,27-28,33H,3,15-20H2,1-2,4-6H3/t27-,28+/m1/s1. The zero-order chi connectivity index (χ0) is 27.9. The van der Waals surface area contributed by atoms with Crippen molar-refractivity contribution in [3.8, 4) is 5.75 Å². The van der Waals surface area contributed by atoms with Gasteiger partial charge in [0.15, 0.2) is 0 Å². The number of rotatable bonds is 10. The molecule has 2 atom stereocenters. The topological polar surface area (TPSA) is 54.0 Å². The summed E-state index contributed by atoms with van der Waals surface area (Å²) in [5.41, 5.74) is 1.22. The Balaban J connectivity index is 1.68. The Hall–Kier alpha value is -3.29. The highest BCUT2D eigenvalue weighted by Crippen LogP contribution is 2.26. The fourth-order valence-electron chi connectivity index (χ4n) is 4.21. The maximum Gasteiger partial charge on any atom is 0.410 e. The molecule has 1 fully saturated rings. The van der Waals surface area contributed by atoms with Crippen molar-refractivity contribution < 1.29 is 23.0 Å². The van der Waals surface area contributed by atoms with Crippen LogP contribution >= 0.6 is 0 Å². The first kappa shape index (κ1) is 29.3. The molecular formula is C30H41F2N3O3. The summed E-state index contributed by atoms with van der Waals surface area (Å²) in [5.74, 6) is 1.50. The predicted molar refractivity (Wildman–Crippen MR) is 146 cm³/mol. The molecule has 0 bridgehead atoms. The van der Waals surface area contributed by atoms with Crippen molar-refractivity contribution in [2.24, 2.45) is 5.92 Å². The summed E-state index contributed by atoms with van der Waals surface area (Å²) in [6, 6.07) is 13.5. The van der Waals surface area contributed by atoms with Gasteiger partial charge in [-0.15, -0.1) is 0 Å². The molecule has 0 unspecified atom stereocenters. The molecule has 1 aliphatic heterocycles. The Labute approximate surface area is 225 Å². The van der Waals surface area contributed by atoms with Crippen LogP contribution in [-0.2, 0) is 17.8 Å². The van der Waals surface area contributed by atoms with E-state index in [9.17, 15) is 9.18 Å². The third kappa shape index (κ3) is 8.92. The number of carbonyl (C=O) groups excluding carboxylic acids is 1. The molecule has 0 spiro atoms. The Kier molecular flexibility index (Phi) is 10.00. The van der Waals surface area contributed by atoms with Gasteiger partial charge in [0, 0.05) is 19.6 Å². The third-order valence-electron chi connectivity index (χ3n) is 6.18. The minimum absolute atomic E-state index is 0.0649. The van der Waals surface area contributed by atoms with E-state index in [4.69, 9.17) is 9.47 Å². The molecule has 2 aromatic carbocycles. The average Bonchev–Trinajstić information content (AvgIpc) is 2.85. The van der Waals surface area contributed by atoms with Gasteiger partial charge in [-0.3, -0.25) is 0 Å². The highest BCUT2D eigenvalue weighted by Gasteiger charge is 2.37. The van der Waals surface area contributed by atoms with Crippen LogP contribution in [0.4, 0.5) is 13.6 Å². The van der Waals surface area contributed by atoms with Gasteiger partial charge in [-0.25, -0.2) is 13.6 Å². The van der Waals surface area contributed by atoms with Crippen molar-refractivity contribution >= 4 is 6.09 Å². The molecule has 0 aromatic heterocycles. The lowest BCUT2D eigenvalue weighted by atomic mass is 10.0. The van der Waals surface area contributed by atoms with E-state index in [-0.39, 0.29) is 12.4 Å². The molecular weight excluding hydrogens is 488 g/mol. The van der Waals surface area contributed by atoms with Crippen LogP contribution < -0.4 is 10.1 Å². The largest absolute Gasteiger partial charge is 0.493 e. The summed E-state index contributed by atoms with van der Waals surface area (Å²) in [6.07, 6.45) is -1.42. The summed E-state index contributed by atoms with van der Waals surface area (Å²) in [7, 11) is 0. The van der Waals surface area contributed by atoms with Gasteiger partial charge in [-0.05, 0) is 68.5 Å². The third-order valence-corrected chi connectivity index (χ3v) is 6.18. The van der Waals surface area contributed by atoms with Crippen LogP contribution in [-0.4, -0.2) is 53.4 Å². The number of halogens is 2. The monoisotopic (exact) mass is 529 g/mol. The number of benzene rings is 2. The van der Waals surface area contributed by atoms with Gasteiger partial charge in [0.2, 0.25) is 0 Å². The second kappa shape index (κ2) is 13.0. The number of carbonyl (C=O) groups is 1. The van der Waals surface area contributed by atoms with E-state index < -0.39 is 23.9 Å². The van der Waals surface area contributed by atoms with Gasteiger partial charge in [-0.2, -0.15) is 0 Å². The van der Waals surface area contributed by atoms with Crippen molar-refractivity contribution in [3.05, 3.63) is 77.9 Å². The van der Waals surface area contributed by atoms with E-state index in [2.05, 4.69) is 25.7 Å². The molecule has 1 heterocycles. The first-order valence-corrected chi connectivity index (χ1v) is 13.2. The number of amides is 1. The molecule has 38 heavy (non-hydrogen) atoms. The number of ether oxygens (including phenoxy) is 2. The van der Waals surface area contributed by atoms with E-state index >= 15 is 4.39 Å². The van der Waals surface area contributed by atoms with Crippen LogP contribution in [0.25, 0.3) is 0 Å². The molecule has 2 aromatic rings. The van der Waals surface area contributed by atoms with Gasteiger partial charge < -0.3 is 24.6 Å². The number of piperidine rings is 1. The highest BCUT2D eigenvalue weighted by molar-refractivity contribution is 5.68. The fourth-order valence-corrected chi connectivity index (χ4v) is 4.21. The molecule has 1 N–H and O–H groups in total. The maximum atomic E-state index is 15.6. The molecule has 208 valence electrons. The number of hydrogen-bond donors (Lipinski definition) is 1. The summed E-state index contributed by atoms with van der Waals surface area (Å²) in [4.78, 5) is 15.8. The Bertz CT molecular complexity index is 1050. The second-order valence-corrected chi connectivity index (χ2v) is 11.2. The SMILES string of the molecule is C=C(NCc1ccc(OCC(C)C)cc1)N(Cc1ccc(F)cc1)[C@H]1CCN(C(=O)OC(C)(C)C)C[C@H]1F. The van der Waals surface area contributed by atoms with Crippen molar-refractivity contribution in [1.29, 1.82) is 0 Å². The molecule has 1 saturated heterocycles. The van der Waals surface area contributed by atoms with E-state index in [1.807, 2.05) is 29.2 Å². The molecule has 8 heteroatoms. The van der Waals surface area contributed by atoms with Crippen LogP contribution in [0.1, 0.15) is 52.2 Å². The minimum atomic E-state index is -1.31. The Morgan fingerprint density at radius 2 is 1.76 bits per heavy atom. The lowest BCUT2D eigenvalue weighted by Gasteiger charge is -2.42. The summed E-state index contributed by atoms with van der Waals surface area (Å²) in [5, 5.41) is 3.33. The number of nitrogens with zero attached hydrogens (tertiary/aromatic N) is 2. The van der Waals surface area contributed by atoms with Crippen molar-refractivity contribution in [2.45, 2.75) is 71.9 Å². The molecule has 3 rings (SSSR count). The maximum absolute atomic E-state index is 15.6. The predicted octanol–water partition coefficient (Wildman–Crippen LogP) is 6.27. The van der Waals surface area contributed by atoms with Gasteiger partial charge in [0.25, 0.3) is 0 Å². The molecule has 0 saturated carbocycles. The zero-order valence-electron chi connectivity index (χ0n) is 23.2. The van der Waals surface area contributed by atoms with Crippen molar-refractivity contribution in [2.75, 3.05) is 19.7 Å². The van der Waals surface area contributed by atoms with Gasteiger partial charge in [0.05, 0.1) is 25.0 Å². The van der Waals surface area contributed by atoms with E-state index in [0.717, 1.165) is 16.9 Å². The van der Waals surface area contributed by atoms with Gasteiger partial charge in [0.1, 0.15) is 23.3 Å². The Morgan fingerprint density at radius 1 is 1.13 bits per heavy atom. The highest BCUT2D eigenvalue weighted by atomic mass is 19.1. The summed E-state index contributed by atoms with van der Waals surface area (Å²) < 4.78 is 40.3. The first-order chi connectivity index (χ1) is 17.9. The van der Waals surface area contributed by atoms with Crippen LogP contribution in [0.2, 0.25) is 0 Å². The number of nitrogens with one attached hydrogen (secondary N) is 1. The number of alkyl halides is 1. The van der Waals surface area contributed by atoms with E-state index in [1.54, 1.807) is 32.9 Å². The van der Waals surface area contributed by atoms with Crippen LogP contribution in [0.15, 0.2) is 60.9 Å². The van der Waals surface area contributed by atoms with Crippen molar-refractivity contribution in [1.82, 2.24) is 15.1 Å². The zero-order valence-corrected chi connectivity index (χ0v) is 23.2. The normalized spacial score (nSPS) is 17.7. The van der Waals surface area contributed by atoms with Gasteiger partial charge in [-0.1, -0.05) is 44.7 Å². The van der Waals surface area contributed by atoms with E-state index in [0.29, 0.717) is 44.4 Å². The molecule has 6 nitrogen and oxygen atoms in total. The van der Waals surface area contributed by atoms with Crippen LogP contribution in [0.3, 0.4) is 0 Å². The molecule has 0 aliphatic carbocycles. The number of likely N-dealkylation sites (tertiary alicyclic amines) is 1. The Morgan fingerprint density at radius 3 is 2.34 bits per heavy atom. The molecule has 1 amide bonds. The summed E-state index contributed by atoms with van der Waals surface area (Å²) in [6.45, 7) is 15.6. The smallest absolute Gasteiger partial charge is 0.410 e. The number of hydrogen-bond acceptors (Lipinski definition) is 5. The summed E-state index contributed by atoms with van der Waals surface area (Å²) >= 11 is 0. The molecule has 0 radical (unpaired) electrons. The van der Waals surface area contributed by atoms with Crippen LogP contribution in [0, 0.1) is 11.7 Å². The van der Waals surface area contributed by atoms with Crippen LogP contribution in [0.5, 0.6) is 5.75 Å². The lowest BCUT2D eigenvalue weighted by Crippen LogP contribution is -2.55. The quantitative estimate of drug-likeness (QED) is 0.393. The fraction of sp³-hybridized carbons (Fsp3) is 0.500. The van der Waals surface area contributed by atoms with Crippen molar-refractivity contribution in [3.63, 3.8) is 0 Å². The second-order valence-electron chi connectivity index (χ2n) is 11.2. The lowest BCUT2D eigenvalue weighted by molar-refractivity contribution is -0.00247. The average molecular weight is 530 g/mol. The van der Waals surface area contributed by atoms with Gasteiger partial charge >= 0.3 is 6.09 Å². The minimum Gasteiger partial charge on any atom is -0.493 e.